The molecule has 1 aliphatic rings. The van der Waals surface area contributed by atoms with Crippen molar-refractivity contribution < 1.29 is 0 Å². The van der Waals surface area contributed by atoms with Crippen molar-refractivity contribution in [3.05, 3.63) is 18.2 Å². The van der Waals surface area contributed by atoms with Crippen molar-refractivity contribution in [2.75, 3.05) is 41.3 Å². The van der Waals surface area contributed by atoms with Crippen molar-refractivity contribution in [3.63, 3.8) is 0 Å². The number of aryl methyl sites for hydroxylation is 2. The van der Waals surface area contributed by atoms with E-state index < -0.39 is 0 Å². The van der Waals surface area contributed by atoms with Crippen LogP contribution >= 0.6 is 0 Å². The van der Waals surface area contributed by atoms with Crippen LogP contribution in [0.5, 0.6) is 0 Å². The van der Waals surface area contributed by atoms with Crippen molar-refractivity contribution in [2.45, 2.75) is 20.8 Å². The zero-order valence-electron chi connectivity index (χ0n) is 14.8. The monoisotopic (exact) mass is 294 g/mol. The fraction of sp³-hybridized carbons (Fsp3) is 0.667. The molecule has 6 nitrogen and oxygen atoms in total. The summed E-state index contributed by atoms with van der Waals surface area (Å²) in [5, 5.41) is 0. The second kappa shape index (κ2) is 9.96. The average Bonchev–Trinajstić information content (AvgIpc) is 3.00. The normalized spacial score (nSPS) is 13.8. The number of aromatic nitrogens is 2. The van der Waals surface area contributed by atoms with Gasteiger partial charge in [0.2, 0.25) is 0 Å². The molecule has 2 heterocycles. The van der Waals surface area contributed by atoms with Gasteiger partial charge < -0.3 is 14.4 Å². The molecule has 0 aromatic carbocycles. The Morgan fingerprint density at radius 1 is 1.29 bits per heavy atom. The maximum Gasteiger partial charge on any atom is 0.105 e. The molecule has 21 heavy (non-hydrogen) atoms. The van der Waals surface area contributed by atoms with E-state index >= 15 is 0 Å². The van der Waals surface area contributed by atoms with Gasteiger partial charge in [0.1, 0.15) is 5.82 Å². The van der Waals surface area contributed by atoms with Crippen LogP contribution in [0.3, 0.4) is 0 Å². The molecule has 1 aromatic heterocycles. The smallest absolute Gasteiger partial charge is 0.105 e. The van der Waals surface area contributed by atoms with E-state index in [-0.39, 0.29) is 0 Å². The lowest BCUT2D eigenvalue weighted by molar-refractivity contribution is 0.553. The molecule has 0 radical (unpaired) electrons. The van der Waals surface area contributed by atoms with E-state index in [1.165, 1.54) is 5.84 Å². The minimum atomic E-state index is 0.988. The summed E-state index contributed by atoms with van der Waals surface area (Å²) in [6.07, 6.45) is 3.71. The number of hydrogen-bond acceptors (Lipinski definition) is 4. The Morgan fingerprint density at radius 2 is 1.90 bits per heavy atom. The highest BCUT2D eigenvalue weighted by Gasteiger charge is 2.04. The van der Waals surface area contributed by atoms with Gasteiger partial charge in [0.15, 0.2) is 0 Å². The number of rotatable bonds is 0. The van der Waals surface area contributed by atoms with Crippen LogP contribution in [-0.2, 0) is 7.05 Å². The summed E-state index contributed by atoms with van der Waals surface area (Å²) in [6.45, 7) is 8.07. The Hall–Kier alpha value is -1.85. The Balaban J connectivity index is 0.000000286. The van der Waals surface area contributed by atoms with Gasteiger partial charge in [-0.15, -0.1) is 0 Å². The molecular weight excluding hydrogens is 264 g/mol. The van der Waals surface area contributed by atoms with Gasteiger partial charge in [0, 0.05) is 54.2 Å². The Bertz CT molecular complexity index is 442. The molecule has 1 aliphatic heterocycles. The topological polar surface area (TPSA) is 49.0 Å². The Labute approximate surface area is 129 Å². The molecule has 0 fully saturated rings. The SMILES string of the molecule is CC1=NCCN1C.CN=C(C)N(C)C.Cc1nccn1C. The summed E-state index contributed by atoms with van der Waals surface area (Å²) in [5.41, 5.74) is 0. The van der Waals surface area contributed by atoms with Crippen LogP contribution in [0.4, 0.5) is 0 Å². The Morgan fingerprint density at radius 3 is 2.00 bits per heavy atom. The zero-order valence-corrected chi connectivity index (χ0v) is 14.8. The van der Waals surface area contributed by atoms with Crippen molar-refractivity contribution >= 4 is 11.7 Å². The first-order valence-corrected chi connectivity index (χ1v) is 7.06. The summed E-state index contributed by atoms with van der Waals surface area (Å²) in [7, 11) is 9.77. The third kappa shape index (κ3) is 8.12. The van der Waals surface area contributed by atoms with E-state index in [1.54, 1.807) is 13.2 Å². The van der Waals surface area contributed by atoms with E-state index in [2.05, 4.69) is 26.9 Å². The largest absolute Gasteiger partial charge is 0.367 e. The minimum Gasteiger partial charge on any atom is -0.367 e. The molecule has 0 spiro atoms. The summed E-state index contributed by atoms with van der Waals surface area (Å²) >= 11 is 0. The predicted octanol–water partition coefficient (Wildman–Crippen LogP) is 1.67. The first-order valence-electron chi connectivity index (χ1n) is 7.06. The van der Waals surface area contributed by atoms with Crippen molar-refractivity contribution in [2.24, 2.45) is 17.0 Å². The van der Waals surface area contributed by atoms with Crippen molar-refractivity contribution in [1.29, 1.82) is 0 Å². The van der Waals surface area contributed by atoms with Crippen LogP contribution in [0.1, 0.15) is 19.7 Å². The highest BCUT2D eigenvalue weighted by Crippen LogP contribution is 1.94. The molecular formula is C15H30N6. The lowest BCUT2D eigenvalue weighted by Gasteiger charge is -2.08. The van der Waals surface area contributed by atoms with Gasteiger partial charge in [0.25, 0.3) is 0 Å². The maximum atomic E-state index is 4.16. The van der Waals surface area contributed by atoms with Crippen LogP contribution in [0.25, 0.3) is 0 Å². The van der Waals surface area contributed by atoms with E-state index in [4.69, 9.17) is 0 Å². The molecule has 120 valence electrons. The molecule has 0 saturated heterocycles. The average molecular weight is 294 g/mol. The predicted molar refractivity (Wildman–Crippen MR) is 91.3 cm³/mol. The van der Waals surface area contributed by atoms with E-state index in [9.17, 15) is 0 Å². The quantitative estimate of drug-likeness (QED) is 0.540. The van der Waals surface area contributed by atoms with E-state index in [0.29, 0.717) is 0 Å². The molecule has 2 rings (SSSR count). The van der Waals surface area contributed by atoms with Crippen LogP contribution in [-0.4, -0.2) is 72.3 Å². The highest BCUT2D eigenvalue weighted by molar-refractivity contribution is 5.80. The first-order chi connectivity index (χ1) is 9.79. The Kier molecular flexibility index (Phi) is 9.08. The summed E-state index contributed by atoms with van der Waals surface area (Å²) in [4.78, 5) is 16.2. The molecule has 0 amide bonds. The summed E-state index contributed by atoms with van der Waals surface area (Å²) < 4.78 is 1.97. The summed E-state index contributed by atoms with van der Waals surface area (Å²) in [5.74, 6) is 3.28. The number of hydrogen-bond donors (Lipinski definition) is 0. The minimum absolute atomic E-state index is 0.988. The zero-order chi connectivity index (χ0) is 16.4. The molecule has 0 atom stereocenters. The van der Waals surface area contributed by atoms with Crippen LogP contribution in [0, 0.1) is 6.92 Å². The molecule has 0 bridgehead atoms. The van der Waals surface area contributed by atoms with E-state index in [0.717, 1.165) is 24.7 Å². The van der Waals surface area contributed by atoms with Gasteiger partial charge in [-0.25, -0.2) is 4.98 Å². The van der Waals surface area contributed by atoms with Crippen LogP contribution in [0.2, 0.25) is 0 Å². The number of imidazole rings is 1. The summed E-state index contributed by atoms with van der Waals surface area (Å²) in [6, 6.07) is 0. The molecule has 0 saturated carbocycles. The van der Waals surface area contributed by atoms with Gasteiger partial charge in [-0.2, -0.15) is 0 Å². The number of nitrogens with zero attached hydrogens (tertiary/aromatic N) is 6. The third-order valence-corrected chi connectivity index (χ3v) is 3.36. The maximum absolute atomic E-state index is 4.16. The van der Waals surface area contributed by atoms with Gasteiger partial charge in [0.05, 0.1) is 18.2 Å². The van der Waals surface area contributed by atoms with Crippen molar-refractivity contribution in [3.8, 4) is 0 Å². The second-order valence-corrected chi connectivity index (χ2v) is 5.10. The number of aliphatic imine (C=N–C) groups is 2. The molecule has 6 heteroatoms. The fourth-order valence-corrected chi connectivity index (χ4v) is 1.28. The molecule has 0 N–H and O–H groups in total. The molecule has 0 aliphatic carbocycles. The first kappa shape index (κ1) is 19.1. The van der Waals surface area contributed by atoms with Crippen LogP contribution < -0.4 is 0 Å². The standard InChI is InChI=1S/C5H10N2.C5H8N2.C5H12N2/c2*1-5-6-3-4-7(5)2;1-5(6-2)7(3)4/h3-4H2,1-2H3;3-4H,1-2H3;1-4H3. The lowest BCUT2D eigenvalue weighted by atomic mass is 10.6. The lowest BCUT2D eigenvalue weighted by Crippen LogP contribution is -2.19. The highest BCUT2D eigenvalue weighted by atomic mass is 15.2. The van der Waals surface area contributed by atoms with Gasteiger partial charge in [-0.05, 0) is 20.8 Å². The van der Waals surface area contributed by atoms with Crippen molar-refractivity contribution in [1.82, 2.24) is 19.4 Å². The van der Waals surface area contributed by atoms with Gasteiger partial charge in [-0.1, -0.05) is 0 Å². The molecule has 0 unspecified atom stereocenters. The number of likely N-dealkylation sites (N-methyl/N-ethyl adjacent to an activating group) is 1. The molecule has 1 aromatic rings. The van der Waals surface area contributed by atoms with Gasteiger partial charge in [-0.3, -0.25) is 9.98 Å². The van der Waals surface area contributed by atoms with E-state index in [1.807, 2.05) is 57.6 Å². The van der Waals surface area contributed by atoms with Crippen LogP contribution in [0.15, 0.2) is 22.4 Å². The third-order valence-electron chi connectivity index (χ3n) is 3.36. The number of amidine groups is 2. The fourth-order valence-electron chi connectivity index (χ4n) is 1.28. The second-order valence-electron chi connectivity index (χ2n) is 5.10. The van der Waals surface area contributed by atoms with Gasteiger partial charge >= 0.3 is 0 Å².